The van der Waals surface area contributed by atoms with Gasteiger partial charge in [-0.3, -0.25) is 0 Å². The predicted octanol–water partition coefficient (Wildman–Crippen LogP) is 2.86. The van der Waals surface area contributed by atoms with Crippen LogP contribution in [0.2, 0.25) is 0 Å². The molecule has 0 saturated carbocycles. The van der Waals surface area contributed by atoms with Crippen LogP contribution in [0.25, 0.3) is 0 Å². The first kappa shape index (κ1) is 15.1. The number of esters is 1. The molecule has 5 nitrogen and oxygen atoms in total. The van der Waals surface area contributed by atoms with Crippen LogP contribution in [0.15, 0.2) is 47.6 Å². The molecule has 0 fully saturated rings. The fourth-order valence-electron chi connectivity index (χ4n) is 1.68. The summed E-state index contributed by atoms with van der Waals surface area (Å²) in [5.41, 5.74) is 1.64. The number of nitrogens with zero attached hydrogens (tertiary/aromatic N) is 1. The lowest BCUT2D eigenvalue weighted by atomic mass is 10.1. The van der Waals surface area contributed by atoms with E-state index in [2.05, 4.69) is 9.72 Å². The molecule has 0 amide bonds. The van der Waals surface area contributed by atoms with Gasteiger partial charge in [0.1, 0.15) is 5.03 Å². The van der Waals surface area contributed by atoms with Crippen molar-refractivity contribution in [2.45, 2.75) is 10.8 Å². The zero-order valence-electron chi connectivity index (χ0n) is 11.3. The molecule has 0 unspecified atom stereocenters. The van der Waals surface area contributed by atoms with Crippen molar-refractivity contribution in [1.82, 2.24) is 4.98 Å². The molecule has 21 heavy (non-hydrogen) atoms. The van der Waals surface area contributed by atoms with E-state index < -0.39 is 5.97 Å². The molecule has 1 aromatic carbocycles. The van der Waals surface area contributed by atoms with E-state index in [0.29, 0.717) is 16.3 Å². The minimum absolute atomic E-state index is 0.189. The summed E-state index contributed by atoms with van der Waals surface area (Å²) >= 11 is 1.34. The van der Waals surface area contributed by atoms with Crippen molar-refractivity contribution in [3.05, 3.63) is 59.3 Å². The van der Waals surface area contributed by atoms with Gasteiger partial charge in [-0.25, -0.2) is 14.6 Å². The monoisotopic (exact) mass is 303 g/mol. The molecule has 0 bridgehead atoms. The zero-order chi connectivity index (χ0) is 15.2. The molecule has 0 aliphatic carbocycles. The maximum Gasteiger partial charge on any atom is 0.338 e. The number of thioether (sulfide) groups is 1. The first-order valence-electron chi connectivity index (χ1n) is 6.10. The van der Waals surface area contributed by atoms with Crippen LogP contribution in [-0.4, -0.2) is 29.1 Å². The van der Waals surface area contributed by atoms with Gasteiger partial charge in [0.2, 0.25) is 0 Å². The van der Waals surface area contributed by atoms with Crippen molar-refractivity contribution in [3.8, 4) is 0 Å². The summed E-state index contributed by atoms with van der Waals surface area (Å²) in [6, 6.07) is 10.1. The molecule has 2 aromatic rings. The summed E-state index contributed by atoms with van der Waals surface area (Å²) in [5.74, 6) is -0.808. The molecule has 1 heterocycles. The Morgan fingerprint density at radius 2 is 1.95 bits per heavy atom. The summed E-state index contributed by atoms with van der Waals surface area (Å²) in [7, 11) is 1.33. The van der Waals surface area contributed by atoms with Crippen LogP contribution in [0.1, 0.15) is 26.3 Å². The molecule has 0 aliphatic rings. The van der Waals surface area contributed by atoms with E-state index in [9.17, 15) is 9.59 Å². The quantitative estimate of drug-likeness (QED) is 0.676. The lowest BCUT2D eigenvalue weighted by Crippen LogP contribution is -2.01. The maximum absolute atomic E-state index is 11.3. The summed E-state index contributed by atoms with van der Waals surface area (Å²) in [6.45, 7) is 0. The third-order valence-corrected chi connectivity index (χ3v) is 3.83. The highest BCUT2D eigenvalue weighted by molar-refractivity contribution is 7.98. The Hall–Kier alpha value is -2.34. The SMILES string of the molecule is COC(=O)c1ccc(CSc2ncccc2C(=O)O)cc1. The number of benzene rings is 1. The first-order valence-corrected chi connectivity index (χ1v) is 7.08. The van der Waals surface area contributed by atoms with Crippen LogP contribution in [-0.2, 0) is 10.5 Å². The number of pyridine rings is 1. The second kappa shape index (κ2) is 6.90. The highest BCUT2D eigenvalue weighted by Gasteiger charge is 2.11. The molecule has 0 spiro atoms. The Morgan fingerprint density at radius 1 is 1.24 bits per heavy atom. The highest BCUT2D eigenvalue weighted by atomic mass is 32.2. The predicted molar refractivity (Wildman–Crippen MR) is 78.5 cm³/mol. The zero-order valence-corrected chi connectivity index (χ0v) is 12.1. The van der Waals surface area contributed by atoms with E-state index in [1.165, 1.54) is 24.9 Å². The van der Waals surface area contributed by atoms with Gasteiger partial charge >= 0.3 is 11.9 Å². The molecule has 108 valence electrons. The van der Waals surface area contributed by atoms with Gasteiger partial charge < -0.3 is 9.84 Å². The highest BCUT2D eigenvalue weighted by Crippen LogP contribution is 2.24. The van der Waals surface area contributed by atoms with Crippen LogP contribution in [0.4, 0.5) is 0 Å². The smallest absolute Gasteiger partial charge is 0.338 e. The largest absolute Gasteiger partial charge is 0.478 e. The van der Waals surface area contributed by atoms with Crippen LogP contribution in [0.3, 0.4) is 0 Å². The minimum Gasteiger partial charge on any atom is -0.478 e. The maximum atomic E-state index is 11.3. The Balaban J connectivity index is 2.07. The summed E-state index contributed by atoms with van der Waals surface area (Å²) < 4.78 is 4.63. The van der Waals surface area contributed by atoms with Gasteiger partial charge in [0.15, 0.2) is 0 Å². The number of carboxylic acid groups (broad SMARTS) is 1. The third-order valence-electron chi connectivity index (χ3n) is 2.75. The average molecular weight is 303 g/mol. The van der Waals surface area contributed by atoms with E-state index in [1.807, 2.05) is 12.1 Å². The standard InChI is InChI=1S/C15H13NO4S/c1-20-15(19)11-6-4-10(5-7-11)9-21-13-12(14(17)18)3-2-8-16-13/h2-8H,9H2,1H3,(H,17,18). The van der Waals surface area contributed by atoms with E-state index in [-0.39, 0.29) is 11.5 Å². The fraction of sp³-hybridized carbons (Fsp3) is 0.133. The third kappa shape index (κ3) is 3.82. The number of methoxy groups -OCH3 is 1. The van der Waals surface area contributed by atoms with E-state index in [4.69, 9.17) is 5.11 Å². The summed E-state index contributed by atoms with van der Waals surface area (Å²) in [4.78, 5) is 26.5. The van der Waals surface area contributed by atoms with Crippen molar-refractivity contribution >= 4 is 23.7 Å². The Kier molecular flexibility index (Phi) is 4.94. The molecule has 2 rings (SSSR count). The van der Waals surface area contributed by atoms with Crippen molar-refractivity contribution in [3.63, 3.8) is 0 Å². The molecule has 0 saturated heterocycles. The van der Waals surface area contributed by atoms with Crippen LogP contribution < -0.4 is 0 Å². The number of carboxylic acids is 1. The van der Waals surface area contributed by atoms with Gasteiger partial charge in [-0.05, 0) is 29.8 Å². The number of hydrogen-bond donors (Lipinski definition) is 1. The molecule has 1 aromatic heterocycles. The van der Waals surface area contributed by atoms with Crippen LogP contribution in [0, 0.1) is 0 Å². The average Bonchev–Trinajstić information content (AvgIpc) is 2.52. The van der Waals surface area contributed by atoms with Crippen molar-refractivity contribution in [2.24, 2.45) is 0 Å². The Labute approximate surface area is 126 Å². The van der Waals surface area contributed by atoms with Gasteiger partial charge in [0.25, 0.3) is 0 Å². The summed E-state index contributed by atoms with van der Waals surface area (Å²) in [6.07, 6.45) is 1.56. The number of carbonyl (C=O) groups excluding carboxylic acids is 1. The first-order chi connectivity index (χ1) is 10.1. The number of aromatic nitrogens is 1. The summed E-state index contributed by atoms with van der Waals surface area (Å²) in [5, 5.41) is 9.56. The van der Waals surface area contributed by atoms with Gasteiger partial charge in [-0.15, -0.1) is 11.8 Å². The van der Waals surface area contributed by atoms with E-state index in [0.717, 1.165) is 5.56 Å². The normalized spacial score (nSPS) is 10.1. The minimum atomic E-state index is -0.994. The molecule has 1 N–H and O–H groups in total. The van der Waals surface area contributed by atoms with E-state index in [1.54, 1.807) is 24.4 Å². The van der Waals surface area contributed by atoms with Gasteiger partial charge in [-0.2, -0.15) is 0 Å². The van der Waals surface area contributed by atoms with Crippen molar-refractivity contribution in [1.29, 1.82) is 0 Å². The van der Waals surface area contributed by atoms with Crippen LogP contribution >= 0.6 is 11.8 Å². The number of hydrogen-bond acceptors (Lipinski definition) is 5. The molecular formula is C15H13NO4S. The molecule has 0 radical (unpaired) electrons. The Morgan fingerprint density at radius 3 is 2.57 bits per heavy atom. The number of carbonyl (C=O) groups is 2. The second-order valence-corrected chi connectivity index (χ2v) is 5.10. The Bertz CT molecular complexity index is 655. The van der Waals surface area contributed by atoms with Gasteiger partial charge in [-0.1, -0.05) is 12.1 Å². The van der Waals surface area contributed by atoms with Crippen molar-refractivity contribution < 1.29 is 19.4 Å². The lowest BCUT2D eigenvalue weighted by molar-refractivity contribution is 0.0599. The topological polar surface area (TPSA) is 76.5 Å². The molecule has 0 aliphatic heterocycles. The molecule has 0 atom stereocenters. The van der Waals surface area contributed by atoms with Crippen molar-refractivity contribution in [2.75, 3.05) is 7.11 Å². The van der Waals surface area contributed by atoms with E-state index >= 15 is 0 Å². The fourth-order valence-corrected chi connectivity index (χ4v) is 2.62. The number of rotatable bonds is 5. The van der Waals surface area contributed by atoms with Gasteiger partial charge in [0.05, 0.1) is 18.2 Å². The molecular weight excluding hydrogens is 290 g/mol. The molecule has 6 heteroatoms. The van der Waals surface area contributed by atoms with Gasteiger partial charge in [0, 0.05) is 11.9 Å². The second-order valence-electron chi connectivity index (χ2n) is 4.14. The van der Waals surface area contributed by atoms with Crippen LogP contribution in [0.5, 0.6) is 0 Å². The number of aromatic carboxylic acids is 1. The number of ether oxygens (including phenoxy) is 1. The lowest BCUT2D eigenvalue weighted by Gasteiger charge is -2.05.